The van der Waals surface area contributed by atoms with Crippen LogP contribution in [0.2, 0.25) is 5.02 Å². The minimum Gasteiger partial charge on any atom is -0.493 e. The molecule has 3 nitrogen and oxygen atoms in total. The van der Waals surface area contributed by atoms with E-state index in [2.05, 4.69) is 5.32 Å². The van der Waals surface area contributed by atoms with Crippen molar-refractivity contribution in [3.8, 4) is 5.75 Å². The third-order valence-corrected chi connectivity index (χ3v) is 2.82. The van der Waals surface area contributed by atoms with Gasteiger partial charge in [-0.05, 0) is 18.7 Å². The molecular weight excluding hydrogens is 238 g/mol. The Labute approximate surface area is 108 Å². The molecule has 0 saturated carbocycles. The largest absolute Gasteiger partial charge is 0.493 e. The van der Waals surface area contributed by atoms with Gasteiger partial charge in [0.2, 0.25) is 0 Å². The molecule has 0 aliphatic heterocycles. The molecule has 0 radical (unpaired) electrons. The summed E-state index contributed by atoms with van der Waals surface area (Å²) in [4.78, 5) is 0. The van der Waals surface area contributed by atoms with Crippen molar-refractivity contribution < 1.29 is 9.84 Å². The normalized spacial score (nSPS) is 12.5. The number of hydrogen-bond donors (Lipinski definition) is 2. The van der Waals surface area contributed by atoms with E-state index in [0.717, 1.165) is 17.9 Å². The molecule has 96 valence electrons. The van der Waals surface area contributed by atoms with E-state index in [4.69, 9.17) is 21.4 Å². The highest BCUT2D eigenvalue weighted by atomic mass is 35.5. The molecule has 1 atom stereocenters. The molecule has 0 fully saturated rings. The smallest absolute Gasteiger partial charge is 0.125 e. The Kier molecular flexibility index (Phi) is 6.34. The molecule has 4 heteroatoms. The molecule has 1 unspecified atom stereocenters. The molecule has 0 amide bonds. The first kappa shape index (κ1) is 14.3. The van der Waals surface area contributed by atoms with Gasteiger partial charge in [-0.25, -0.2) is 0 Å². The lowest BCUT2D eigenvalue weighted by atomic mass is 10.2. The molecule has 0 saturated heterocycles. The van der Waals surface area contributed by atoms with Crippen LogP contribution in [0.3, 0.4) is 0 Å². The summed E-state index contributed by atoms with van der Waals surface area (Å²) < 4.78 is 5.68. The van der Waals surface area contributed by atoms with Crippen LogP contribution in [0.15, 0.2) is 18.2 Å². The Morgan fingerprint density at radius 3 is 2.88 bits per heavy atom. The summed E-state index contributed by atoms with van der Waals surface area (Å²) in [5.74, 6) is 0.916. The third kappa shape index (κ3) is 4.54. The first-order valence-electron chi connectivity index (χ1n) is 5.90. The van der Waals surface area contributed by atoms with E-state index in [-0.39, 0.29) is 12.5 Å². The van der Waals surface area contributed by atoms with Gasteiger partial charge in [0.25, 0.3) is 0 Å². The van der Waals surface area contributed by atoms with E-state index < -0.39 is 0 Å². The Bertz CT molecular complexity index is 344. The van der Waals surface area contributed by atoms with Gasteiger partial charge < -0.3 is 15.2 Å². The Morgan fingerprint density at radius 1 is 1.47 bits per heavy atom. The van der Waals surface area contributed by atoms with Gasteiger partial charge in [0.15, 0.2) is 0 Å². The molecule has 0 bridgehead atoms. The minimum atomic E-state index is 0.126. The second kappa shape index (κ2) is 7.54. The van der Waals surface area contributed by atoms with E-state index in [1.165, 1.54) is 0 Å². The van der Waals surface area contributed by atoms with Gasteiger partial charge in [-0.2, -0.15) is 0 Å². The maximum absolute atomic E-state index is 8.96. The Balaban J connectivity index is 2.72. The number of benzene rings is 1. The minimum absolute atomic E-state index is 0.126. The predicted molar refractivity (Wildman–Crippen MR) is 70.6 cm³/mol. The first-order valence-corrected chi connectivity index (χ1v) is 6.28. The average Bonchev–Trinajstić information content (AvgIpc) is 2.34. The molecule has 0 aromatic heterocycles. The number of hydrogen-bond acceptors (Lipinski definition) is 3. The summed E-state index contributed by atoms with van der Waals surface area (Å²) in [6, 6.07) is 5.63. The van der Waals surface area contributed by atoms with Crippen LogP contribution in [-0.4, -0.2) is 24.9 Å². The van der Waals surface area contributed by atoms with Crippen molar-refractivity contribution >= 4 is 11.6 Å². The molecule has 2 N–H and O–H groups in total. The summed E-state index contributed by atoms with van der Waals surface area (Å²) in [6.07, 6.45) is 0. The van der Waals surface area contributed by atoms with Crippen molar-refractivity contribution in [3.05, 3.63) is 28.8 Å². The van der Waals surface area contributed by atoms with Crippen molar-refractivity contribution in [1.29, 1.82) is 0 Å². The molecule has 0 aliphatic carbocycles. The van der Waals surface area contributed by atoms with Crippen LogP contribution in [0.1, 0.15) is 19.4 Å². The second-order valence-corrected chi connectivity index (χ2v) is 4.50. The molecule has 1 rings (SSSR count). The number of rotatable bonds is 7. The van der Waals surface area contributed by atoms with Crippen molar-refractivity contribution in [2.24, 2.45) is 5.92 Å². The fourth-order valence-corrected chi connectivity index (χ4v) is 1.61. The number of ether oxygens (including phenoxy) is 1. The summed E-state index contributed by atoms with van der Waals surface area (Å²) in [7, 11) is 0. The number of aliphatic hydroxyl groups excluding tert-OH is 1. The predicted octanol–water partition coefficient (Wildman–Crippen LogP) is 2.46. The Hall–Kier alpha value is -0.770. The van der Waals surface area contributed by atoms with Gasteiger partial charge in [0.1, 0.15) is 5.75 Å². The van der Waals surface area contributed by atoms with Gasteiger partial charge >= 0.3 is 0 Å². The molecule has 1 aromatic rings. The molecular formula is C13H20ClNO2. The van der Waals surface area contributed by atoms with Crippen LogP contribution >= 0.6 is 11.6 Å². The standard InChI is InChI=1S/C13H20ClNO2/c1-3-15-7-11-12(14)5-4-6-13(11)17-9-10(2)8-16/h4-6,10,15-16H,3,7-9H2,1-2H3. The summed E-state index contributed by atoms with van der Waals surface area (Å²) in [5.41, 5.74) is 0.973. The molecule has 17 heavy (non-hydrogen) atoms. The van der Waals surface area contributed by atoms with Crippen molar-refractivity contribution in [2.75, 3.05) is 19.8 Å². The van der Waals surface area contributed by atoms with Gasteiger partial charge in [-0.3, -0.25) is 0 Å². The fraction of sp³-hybridized carbons (Fsp3) is 0.538. The lowest BCUT2D eigenvalue weighted by Gasteiger charge is -2.15. The van der Waals surface area contributed by atoms with Crippen molar-refractivity contribution in [2.45, 2.75) is 20.4 Å². The quantitative estimate of drug-likeness (QED) is 0.789. The van der Waals surface area contributed by atoms with E-state index >= 15 is 0 Å². The third-order valence-electron chi connectivity index (χ3n) is 2.46. The maximum atomic E-state index is 8.96. The SMILES string of the molecule is CCNCc1c(Cl)cccc1OCC(C)CO. The zero-order valence-electron chi connectivity index (χ0n) is 10.4. The maximum Gasteiger partial charge on any atom is 0.125 e. The fourth-order valence-electron chi connectivity index (χ4n) is 1.38. The zero-order chi connectivity index (χ0) is 12.7. The lowest BCUT2D eigenvalue weighted by molar-refractivity contribution is 0.173. The van der Waals surface area contributed by atoms with E-state index in [0.29, 0.717) is 18.2 Å². The van der Waals surface area contributed by atoms with Gasteiger partial charge in [-0.1, -0.05) is 31.5 Å². The molecule has 0 aliphatic rings. The highest BCUT2D eigenvalue weighted by molar-refractivity contribution is 6.31. The van der Waals surface area contributed by atoms with Crippen LogP contribution in [0.25, 0.3) is 0 Å². The number of aliphatic hydroxyl groups is 1. The average molecular weight is 258 g/mol. The van der Waals surface area contributed by atoms with Crippen LogP contribution < -0.4 is 10.1 Å². The van der Waals surface area contributed by atoms with Crippen LogP contribution in [0, 0.1) is 5.92 Å². The lowest BCUT2D eigenvalue weighted by Crippen LogP contribution is -2.16. The van der Waals surface area contributed by atoms with Crippen molar-refractivity contribution in [1.82, 2.24) is 5.32 Å². The number of halogens is 1. The second-order valence-electron chi connectivity index (χ2n) is 4.10. The summed E-state index contributed by atoms with van der Waals surface area (Å²) in [5, 5.41) is 12.9. The monoisotopic (exact) mass is 257 g/mol. The topological polar surface area (TPSA) is 41.5 Å². The molecule has 0 heterocycles. The molecule has 0 spiro atoms. The molecule has 1 aromatic carbocycles. The van der Waals surface area contributed by atoms with Gasteiger partial charge in [0, 0.05) is 29.7 Å². The van der Waals surface area contributed by atoms with E-state index in [9.17, 15) is 0 Å². The van der Waals surface area contributed by atoms with Crippen molar-refractivity contribution in [3.63, 3.8) is 0 Å². The zero-order valence-corrected chi connectivity index (χ0v) is 11.1. The van der Waals surface area contributed by atoms with E-state index in [1.807, 2.05) is 32.0 Å². The first-order chi connectivity index (χ1) is 8.19. The summed E-state index contributed by atoms with van der Waals surface area (Å²) >= 11 is 6.14. The van der Waals surface area contributed by atoms with Crippen LogP contribution in [0.5, 0.6) is 5.75 Å². The van der Waals surface area contributed by atoms with Gasteiger partial charge in [-0.15, -0.1) is 0 Å². The van der Waals surface area contributed by atoms with Crippen LogP contribution in [0.4, 0.5) is 0 Å². The Morgan fingerprint density at radius 2 is 2.24 bits per heavy atom. The van der Waals surface area contributed by atoms with E-state index in [1.54, 1.807) is 0 Å². The van der Waals surface area contributed by atoms with Crippen LogP contribution in [-0.2, 0) is 6.54 Å². The highest BCUT2D eigenvalue weighted by Crippen LogP contribution is 2.26. The van der Waals surface area contributed by atoms with Gasteiger partial charge in [0.05, 0.1) is 6.61 Å². The highest BCUT2D eigenvalue weighted by Gasteiger charge is 2.09. The summed E-state index contributed by atoms with van der Waals surface area (Å²) in [6.45, 7) is 6.19. The number of nitrogens with one attached hydrogen (secondary N) is 1.